The zero-order valence-corrected chi connectivity index (χ0v) is 13.8. The highest BCUT2D eigenvalue weighted by Gasteiger charge is 2.27. The van der Waals surface area contributed by atoms with Gasteiger partial charge in [0, 0.05) is 17.6 Å². The molecule has 0 saturated heterocycles. The van der Waals surface area contributed by atoms with E-state index in [0.717, 1.165) is 47.1 Å². The number of nitrogens with one attached hydrogen (secondary N) is 1. The number of benzene rings is 2. The van der Waals surface area contributed by atoms with E-state index in [0.29, 0.717) is 5.75 Å². The van der Waals surface area contributed by atoms with E-state index in [-0.39, 0.29) is 11.9 Å². The SMILES string of the molecule is CCn1ncc2ccc(NC3CCc4c3ccc(OC)c4F)cc21. The number of rotatable bonds is 4. The monoisotopic (exact) mass is 325 g/mol. The van der Waals surface area contributed by atoms with E-state index in [1.807, 2.05) is 16.9 Å². The van der Waals surface area contributed by atoms with Crippen molar-refractivity contribution in [2.75, 3.05) is 12.4 Å². The van der Waals surface area contributed by atoms with Gasteiger partial charge in [0.1, 0.15) is 0 Å². The molecule has 2 aromatic carbocycles. The molecular formula is C19H20FN3O. The Morgan fingerprint density at radius 2 is 2.21 bits per heavy atom. The molecule has 1 aliphatic rings. The van der Waals surface area contributed by atoms with Gasteiger partial charge in [-0.2, -0.15) is 5.10 Å². The molecule has 1 unspecified atom stereocenters. The maximum atomic E-state index is 14.4. The molecule has 0 bridgehead atoms. The molecule has 1 atom stereocenters. The Morgan fingerprint density at radius 3 is 3.00 bits per heavy atom. The van der Waals surface area contributed by atoms with Crippen LogP contribution in [0, 0.1) is 5.82 Å². The lowest BCUT2D eigenvalue weighted by molar-refractivity contribution is 0.384. The minimum Gasteiger partial charge on any atom is -0.494 e. The number of fused-ring (bicyclic) bond motifs is 2. The molecule has 24 heavy (non-hydrogen) atoms. The number of anilines is 1. The summed E-state index contributed by atoms with van der Waals surface area (Å²) < 4.78 is 21.5. The van der Waals surface area contributed by atoms with Crippen molar-refractivity contribution >= 4 is 16.6 Å². The summed E-state index contributed by atoms with van der Waals surface area (Å²) in [6.07, 6.45) is 3.49. The van der Waals surface area contributed by atoms with E-state index in [9.17, 15) is 4.39 Å². The van der Waals surface area contributed by atoms with Crippen LogP contribution in [0.2, 0.25) is 0 Å². The standard InChI is InChI=1S/C19H20FN3O/c1-3-23-17-10-13(5-4-12(17)11-21-23)22-16-8-6-15-14(16)7-9-18(24-2)19(15)20/h4-5,7,9-11,16,22H,3,6,8H2,1-2H3. The van der Waals surface area contributed by atoms with E-state index in [1.165, 1.54) is 7.11 Å². The van der Waals surface area contributed by atoms with Crippen LogP contribution >= 0.6 is 0 Å². The average Bonchev–Trinajstić information content (AvgIpc) is 3.19. The first kappa shape index (κ1) is 15.0. The maximum absolute atomic E-state index is 14.4. The molecule has 4 rings (SSSR count). The van der Waals surface area contributed by atoms with Crippen molar-refractivity contribution in [1.29, 1.82) is 0 Å². The number of halogens is 1. The van der Waals surface area contributed by atoms with Crippen LogP contribution < -0.4 is 10.1 Å². The van der Waals surface area contributed by atoms with Crippen LogP contribution in [0.15, 0.2) is 36.5 Å². The smallest absolute Gasteiger partial charge is 0.168 e. The van der Waals surface area contributed by atoms with Gasteiger partial charge in [0.2, 0.25) is 0 Å². The lowest BCUT2D eigenvalue weighted by atomic mass is 10.1. The molecule has 0 radical (unpaired) electrons. The van der Waals surface area contributed by atoms with Gasteiger partial charge in [-0.1, -0.05) is 6.07 Å². The number of ether oxygens (including phenoxy) is 1. The van der Waals surface area contributed by atoms with Crippen molar-refractivity contribution < 1.29 is 9.13 Å². The van der Waals surface area contributed by atoms with Gasteiger partial charge in [-0.25, -0.2) is 4.39 Å². The summed E-state index contributed by atoms with van der Waals surface area (Å²) in [7, 11) is 1.50. The molecule has 0 amide bonds. The van der Waals surface area contributed by atoms with Crippen LogP contribution in [0.4, 0.5) is 10.1 Å². The zero-order valence-electron chi connectivity index (χ0n) is 13.8. The number of aromatic nitrogens is 2. The summed E-state index contributed by atoms with van der Waals surface area (Å²) >= 11 is 0. The molecule has 1 aromatic heterocycles. The van der Waals surface area contributed by atoms with Gasteiger partial charge >= 0.3 is 0 Å². The second-order valence-electron chi connectivity index (χ2n) is 6.12. The first-order valence-corrected chi connectivity index (χ1v) is 8.28. The largest absolute Gasteiger partial charge is 0.494 e. The number of methoxy groups -OCH3 is 1. The number of hydrogen-bond acceptors (Lipinski definition) is 3. The van der Waals surface area contributed by atoms with Gasteiger partial charge in [0.25, 0.3) is 0 Å². The number of nitrogens with zero attached hydrogens (tertiary/aromatic N) is 2. The van der Waals surface area contributed by atoms with Crippen LogP contribution in [0.1, 0.15) is 30.5 Å². The van der Waals surface area contributed by atoms with Gasteiger partial charge in [0.05, 0.1) is 24.9 Å². The van der Waals surface area contributed by atoms with E-state index in [1.54, 1.807) is 6.07 Å². The van der Waals surface area contributed by atoms with Crippen LogP contribution in [-0.2, 0) is 13.0 Å². The molecule has 3 aromatic rings. The topological polar surface area (TPSA) is 39.1 Å². The van der Waals surface area contributed by atoms with Crippen molar-refractivity contribution in [1.82, 2.24) is 9.78 Å². The zero-order chi connectivity index (χ0) is 16.7. The molecule has 4 nitrogen and oxygen atoms in total. The Balaban J connectivity index is 1.65. The summed E-state index contributed by atoms with van der Waals surface area (Å²) in [4.78, 5) is 0. The van der Waals surface area contributed by atoms with Crippen LogP contribution in [-0.4, -0.2) is 16.9 Å². The molecule has 1 N–H and O–H groups in total. The Morgan fingerprint density at radius 1 is 1.33 bits per heavy atom. The quantitative estimate of drug-likeness (QED) is 0.777. The summed E-state index contributed by atoms with van der Waals surface area (Å²) in [5, 5.41) is 9.05. The fourth-order valence-corrected chi connectivity index (χ4v) is 3.56. The second-order valence-corrected chi connectivity index (χ2v) is 6.12. The molecule has 0 fully saturated rings. The van der Waals surface area contributed by atoms with Crippen molar-refractivity contribution in [3.05, 3.63) is 53.5 Å². The summed E-state index contributed by atoms with van der Waals surface area (Å²) in [6.45, 7) is 2.92. The van der Waals surface area contributed by atoms with E-state index in [4.69, 9.17) is 4.74 Å². The Hall–Kier alpha value is -2.56. The minimum absolute atomic E-state index is 0.121. The van der Waals surface area contributed by atoms with Gasteiger partial charge in [0.15, 0.2) is 11.6 Å². The Kier molecular flexibility index (Phi) is 3.63. The Bertz CT molecular complexity index is 903. The molecule has 124 valence electrons. The molecule has 5 heteroatoms. The summed E-state index contributed by atoms with van der Waals surface area (Å²) in [6, 6.07) is 10.0. The van der Waals surface area contributed by atoms with Gasteiger partial charge < -0.3 is 10.1 Å². The lowest BCUT2D eigenvalue weighted by Crippen LogP contribution is -2.07. The molecular weight excluding hydrogens is 305 g/mol. The van der Waals surface area contributed by atoms with Crippen LogP contribution in [0.25, 0.3) is 10.9 Å². The van der Waals surface area contributed by atoms with Crippen LogP contribution in [0.5, 0.6) is 5.75 Å². The first-order valence-electron chi connectivity index (χ1n) is 8.28. The number of hydrogen-bond donors (Lipinski definition) is 1. The predicted molar refractivity (Wildman–Crippen MR) is 93.0 cm³/mol. The lowest BCUT2D eigenvalue weighted by Gasteiger charge is -2.16. The van der Waals surface area contributed by atoms with Gasteiger partial charge in [-0.05, 0) is 55.2 Å². The number of aryl methyl sites for hydroxylation is 1. The first-order chi connectivity index (χ1) is 11.7. The fraction of sp³-hybridized carbons (Fsp3) is 0.316. The third kappa shape index (κ3) is 2.31. The average molecular weight is 325 g/mol. The predicted octanol–water partition coefficient (Wildman–Crippen LogP) is 4.30. The third-order valence-electron chi connectivity index (χ3n) is 4.81. The molecule has 1 aliphatic carbocycles. The normalized spacial score (nSPS) is 16.4. The van der Waals surface area contributed by atoms with Crippen molar-refractivity contribution in [3.8, 4) is 5.75 Å². The molecule has 1 heterocycles. The summed E-state index contributed by atoms with van der Waals surface area (Å²) in [5.41, 5.74) is 3.94. The van der Waals surface area contributed by atoms with Gasteiger partial charge in [-0.3, -0.25) is 4.68 Å². The fourth-order valence-electron chi connectivity index (χ4n) is 3.56. The Labute approximate surface area is 140 Å². The highest BCUT2D eigenvalue weighted by atomic mass is 19.1. The van der Waals surface area contributed by atoms with E-state index >= 15 is 0 Å². The minimum atomic E-state index is -0.223. The summed E-state index contributed by atoms with van der Waals surface area (Å²) in [5.74, 6) is 0.0986. The third-order valence-corrected chi connectivity index (χ3v) is 4.81. The molecule has 0 saturated carbocycles. The van der Waals surface area contributed by atoms with Crippen molar-refractivity contribution in [2.45, 2.75) is 32.4 Å². The van der Waals surface area contributed by atoms with Crippen molar-refractivity contribution in [3.63, 3.8) is 0 Å². The molecule has 0 aliphatic heterocycles. The van der Waals surface area contributed by atoms with Crippen molar-refractivity contribution in [2.24, 2.45) is 0 Å². The van der Waals surface area contributed by atoms with Gasteiger partial charge in [-0.15, -0.1) is 0 Å². The van der Waals surface area contributed by atoms with E-state index < -0.39 is 0 Å². The second kappa shape index (κ2) is 5.82. The molecule has 0 spiro atoms. The van der Waals surface area contributed by atoms with E-state index in [2.05, 4.69) is 35.5 Å². The van der Waals surface area contributed by atoms with Crippen LogP contribution in [0.3, 0.4) is 0 Å². The maximum Gasteiger partial charge on any atom is 0.168 e. The highest BCUT2D eigenvalue weighted by molar-refractivity contribution is 5.82. The highest BCUT2D eigenvalue weighted by Crippen LogP contribution is 2.38.